The van der Waals surface area contributed by atoms with E-state index in [2.05, 4.69) is 27.3 Å². The second-order valence-electron chi connectivity index (χ2n) is 4.43. The van der Waals surface area contributed by atoms with Crippen molar-refractivity contribution < 1.29 is 0 Å². The first-order valence-electron chi connectivity index (χ1n) is 6.58. The molecule has 2 aromatic heterocycles. The number of aryl methyl sites for hydroxylation is 1. The van der Waals surface area contributed by atoms with Crippen LogP contribution in [-0.2, 0) is 13.0 Å². The first kappa shape index (κ1) is 14.0. The highest BCUT2D eigenvalue weighted by atomic mass is 35.5. The van der Waals surface area contributed by atoms with Gasteiger partial charge in [0.05, 0.1) is 22.9 Å². The van der Waals surface area contributed by atoms with Gasteiger partial charge >= 0.3 is 0 Å². The summed E-state index contributed by atoms with van der Waals surface area (Å²) in [4.78, 5) is 9.53. The largest absolute Gasteiger partial charge is 0.378 e. The molecule has 0 aliphatic carbocycles. The Morgan fingerprint density at radius 1 is 1.38 bits per heavy atom. The van der Waals surface area contributed by atoms with Crippen LogP contribution in [0.1, 0.15) is 16.8 Å². The predicted octanol–water partition coefficient (Wildman–Crippen LogP) is 3.55. The lowest BCUT2D eigenvalue weighted by atomic mass is 10.2. The first-order valence-corrected chi connectivity index (χ1v) is 7.77. The third-order valence-electron chi connectivity index (χ3n) is 2.98. The summed E-state index contributed by atoms with van der Waals surface area (Å²) in [5, 5.41) is 9.38. The average molecular weight is 320 g/mol. The van der Waals surface area contributed by atoms with Crippen LogP contribution in [-0.4, -0.2) is 19.7 Å². The number of rotatable bonds is 5. The van der Waals surface area contributed by atoms with E-state index in [-0.39, 0.29) is 0 Å². The van der Waals surface area contributed by atoms with Gasteiger partial charge in [0.1, 0.15) is 12.7 Å². The highest BCUT2D eigenvalue weighted by Gasteiger charge is 2.07. The van der Waals surface area contributed by atoms with Gasteiger partial charge in [0.15, 0.2) is 0 Å². The molecule has 0 atom stereocenters. The molecule has 1 N–H and O–H groups in total. The molecular formula is C14H14ClN5S. The molecule has 0 unspecified atom stereocenters. The fourth-order valence-corrected chi connectivity index (χ4v) is 2.93. The minimum atomic E-state index is 0.680. The normalized spacial score (nSPS) is 10.8. The van der Waals surface area contributed by atoms with Gasteiger partial charge in [0, 0.05) is 16.1 Å². The Hall–Kier alpha value is -1.92. The van der Waals surface area contributed by atoms with Crippen molar-refractivity contribution in [2.75, 3.05) is 5.32 Å². The van der Waals surface area contributed by atoms with Crippen molar-refractivity contribution >= 4 is 28.6 Å². The van der Waals surface area contributed by atoms with Crippen LogP contribution in [0.25, 0.3) is 5.69 Å². The fraction of sp³-hybridized carbons (Fsp3) is 0.214. The molecule has 2 heterocycles. The topological polar surface area (TPSA) is 55.6 Å². The molecule has 7 heteroatoms. The lowest BCUT2D eigenvalue weighted by molar-refractivity contribution is 0.878. The first-order chi connectivity index (χ1) is 10.3. The highest BCUT2D eigenvalue weighted by molar-refractivity contribution is 7.11. The lowest BCUT2D eigenvalue weighted by Gasteiger charge is -2.11. The molecular weight excluding hydrogens is 306 g/mol. The fourth-order valence-electron chi connectivity index (χ4n) is 1.96. The Morgan fingerprint density at radius 2 is 2.29 bits per heavy atom. The standard InChI is InChI=1S/C14H14ClN5S/c1-2-14-18-7-11(21-14)6-17-12-5-10(15)3-4-13(12)20-9-16-8-19-20/h3-5,7-9,17H,2,6H2,1H3. The van der Waals surface area contributed by atoms with Crippen molar-refractivity contribution in [3.05, 3.63) is 52.0 Å². The summed E-state index contributed by atoms with van der Waals surface area (Å²) in [7, 11) is 0. The van der Waals surface area contributed by atoms with E-state index in [1.54, 1.807) is 22.3 Å². The summed E-state index contributed by atoms with van der Waals surface area (Å²) < 4.78 is 1.71. The van der Waals surface area contributed by atoms with Crippen LogP contribution in [0, 0.1) is 0 Å². The van der Waals surface area contributed by atoms with Crippen molar-refractivity contribution in [2.45, 2.75) is 19.9 Å². The molecule has 5 nitrogen and oxygen atoms in total. The van der Waals surface area contributed by atoms with E-state index in [9.17, 15) is 0 Å². The van der Waals surface area contributed by atoms with Crippen LogP contribution in [0.15, 0.2) is 37.1 Å². The second kappa shape index (κ2) is 6.24. The van der Waals surface area contributed by atoms with Gasteiger partial charge in [0.25, 0.3) is 0 Å². The molecule has 0 fully saturated rings. The maximum absolute atomic E-state index is 6.09. The number of nitrogens with zero attached hydrogens (tertiary/aromatic N) is 4. The summed E-state index contributed by atoms with van der Waals surface area (Å²) in [5.74, 6) is 0. The van der Waals surface area contributed by atoms with Crippen molar-refractivity contribution in [2.24, 2.45) is 0 Å². The van der Waals surface area contributed by atoms with E-state index in [0.29, 0.717) is 11.6 Å². The number of aromatic nitrogens is 4. The highest BCUT2D eigenvalue weighted by Crippen LogP contribution is 2.25. The third kappa shape index (κ3) is 3.22. The SMILES string of the molecule is CCc1ncc(CNc2cc(Cl)ccc2-n2cncn2)s1. The average Bonchev–Trinajstić information content (AvgIpc) is 3.16. The second-order valence-corrected chi connectivity index (χ2v) is 6.07. The van der Waals surface area contributed by atoms with Gasteiger partial charge in [-0.2, -0.15) is 5.10 Å². The van der Waals surface area contributed by atoms with Gasteiger partial charge in [-0.15, -0.1) is 11.3 Å². The van der Waals surface area contributed by atoms with Gasteiger partial charge < -0.3 is 5.32 Å². The van der Waals surface area contributed by atoms with E-state index in [1.165, 1.54) is 11.2 Å². The molecule has 0 aliphatic heterocycles. The van der Waals surface area contributed by atoms with Crippen LogP contribution in [0.3, 0.4) is 0 Å². The molecule has 0 radical (unpaired) electrons. The Labute approximate surface area is 131 Å². The smallest absolute Gasteiger partial charge is 0.138 e. The van der Waals surface area contributed by atoms with E-state index in [0.717, 1.165) is 22.8 Å². The Bertz CT molecular complexity index is 723. The van der Waals surface area contributed by atoms with Crippen LogP contribution in [0.5, 0.6) is 0 Å². The summed E-state index contributed by atoms with van der Waals surface area (Å²) in [6, 6.07) is 5.65. The zero-order valence-electron chi connectivity index (χ0n) is 11.5. The molecule has 3 rings (SSSR count). The molecule has 0 saturated carbocycles. The van der Waals surface area contributed by atoms with Gasteiger partial charge in [-0.25, -0.2) is 14.6 Å². The molecule has 0 saturated heterocycles. The van der Waals surface area contributed by atoms with Crippen LogP contribution in [0.4, 0.5) is 5.69 Å². The predicted molar refractivity (Wildman–Crippen MR) is 85.2 cm³/mol. The number of benzene rings is 1. The number of halogens is 1. The van der Waals surface area contributed by atoms with Gasteiger partial charge in [-0.1, -0.05) is 18.5 Å². The molecule has 21 heavy (non-hydrogen) atoms. The summed E-state index contributed by atoms with van der Waals surface area (Å²) >= 11 is 7.81. The van der Waals surface area contributed by atoms with E-state index in [4.69, 9.17) is 11.6 Å². The van der Waals surface area contributed by atoms with Crippen LogP contribution in [0.2, 0.25) is 5.02 Å². The number of thiazole rings is 1. The molecule has 108 valence electrons. The van der Waals surface area contributed by atoms with E-state index in [1.807, 2.05) is 24.4 Å². The molecule has 1 aromatic carbocycles. The zero-order valence-corrected chi connectivity index (χ0v) is 13.0. The molecule has 0 amide bonds. The van der Waals surface area contributed by atoms with Gasteiger partial charge in [0.2, 0.25) is 0 Å². The Kier molecular flexibility index (Phi) is 4.17. The zero-order chi connectivity index (χ0) is 14.7. The Morgan fingerprint density at radius 3 is 3.00 bits per heavy atom. The summed E-state index contributed by atoms with van der Waals surface area (Å²) in [6.07, 6.45) is 6.05. The van der Waals surface area contributed by atoms with E-state index >= 15 is 0 Å². The van der Waals surface area contributed by atoms with Gasteiger partial charge in [-0.05, 0) is 24.6 Å². The maximum atomic E-state index is 6.09. The molecule has 0 aliphatic rings. The maximum Gasteiger partial charge on any atom is 0.138 e. The monoisotopic (exact) mass is 319 g/mol. The van der Waals surface area contributed by atoms with Crippen LogP contribution < -0.4 is 5.32 Å². The minimum absolute atomic E-state index is 0.680. The van der Waals surface area contributed by atoms with Crippen LogP contribution >= 0.6 is 22.9 Å². The number of anilines is 1. The number of hydrogen-bond acceptors (Lipinski definition) is 5. The van der Waals surface area contributed by atoms with Gasteiger partial charge in [-0.3, -0.25) is 0 Å². The van der Waals surface area contributed by atoms with Crippen molar-refractivity contribution in [1.82, 2.24) is 19.7 Å². The quantitative estimate of drug-likeness (QED) is 0.781. The molecule has 0 spiro atoms. The Balaban J connectivity index is 1.82. The molecule has 0 bridgehead atoms. The van der Waals surface area contributed by atoms with Crippen molar-refractivity contribution in [3.8, 4) is 5.69 Å². The number of nitrogens with one attached hydrogen (secondary N) is 1. The van der Waals surface area contributed by atoms with Crippen molar-refractivity contribution in [3.63, 3.8) is 0 Å². The number of hydrogen-bond donors (Lipinski definition) is 1. The third-order valence-corrected chi connectivity index (χ3v) is 4.36. The van der Waals surface area contributed by atoms with Crippen molar-refractivity contribution in [1.29, 1.82) is 0 Å². The van der Waals surface area contributed by atoms with E-state index < -0.39 is 0 Å². The molecule has 3 aromatic rings. The summed E-state index contributed by atoms with van der Waals surface area (Å²) in [5.41, 5.74) is 1.83. The lowest BCUT2D eigenvalue weighted by Crippen LogP contribution is -2.04. The minimum Gasteiger partial charge on any atom is -0.378 e. The summed E-state index contributed by atoms with van der Waals surface area (Å²) in [6.45, 7) is 2.82.